The SMILES string of the molecule is COC1C(C#N)OC2C(Br)=C(NC3C[C@H]4CC[C@@H](C3)C4)NCC21. The van der Waals surface area contributed by atoms with E-state index >= 15 is 0 Å². The van der Waals surface area contributed by atoms with Gasteiger partial charge in [-0.25, -0.2) is 0 Å². The van der Waals surface area contributed by atoms with Gasteiger partial charge in [0, 0.05) is 25.6 Å². The van der Waals surface area contributed by atoms with Crippen LogP contribution in [0.3, 0.4) is 0 Å². The Kier molecular flexibility index (Phi) is 4.29. The zero-order valence-electron chi connectivity index (χ0n) is 13.4. The third-order valence-corrected chi connectivity index (χ3v) is 6.89. The van der Waals surface area contributed by atoms with Gasteiger partial charge in [0.05, 0.1) is 10.6 Å². The minimum atomic E-state index is -0.491. The Morgan fingerprint density at radius 2 is 2.04 bits per heavy atom. The van der Waals surface area contributed by atoms with Gasteiger partial charge in [-0.2, -0.15) is 5.26 Å². The highest BCUT2D eigenvalue weighted by molar-refractivity contribution is 9.11. The maximum Gasteiger partial charge on any atom is 0.171 e. The lowest BCUT2D eigenvalue weighted by Gasteiger charge is -2.35. The van der Waals surface area contributed by atoms with Crippen molar-refractivity contribution in [3.63, 3.8) is 0 Å². The predicted octanol–water partition coefficient (Wildman–Crippen LogP) is 2.24. The average Bonchev–Trinajstić information content (AvgIpc) is 3.09. The third-order valence-electron chi connectivity index (χ3n) is 6.04. The Hall–Kier alpha value is -0.770. The Bertz CT molecular complexity index is 534. The van der Waals surface area contributed by atoms with Gasteiger partial charge in [-0.15, -0.1) is 0 Å². The summed E-state index contributed by atoms with van der Waals surface area (Å²) in [6.07, 6.45) is 6.04. The molecule has 0 amide bonds. The number of ether oxygens (including phenoxy) is 2. The number of methoxy groups -OCH3 is 1. The standard InChI is InChI=1S/C17H24BrN3O2/c1-22-15-12-8-20-17(14(18)16(12)23-13(15)7-19)21-11-5-9-2-3-10(4-9)6-11/h9-13,15-16,20-21H,2-6,8H2,1H3/t9-,10+,11?,12?,13?,15?,16?. The molecule has 0 aromatic carbocycles. The van der Waals surface area contributed by atoms with Gasteiger partial charge in [-0.1, -0.05) is 12.8 Å². The van der Waals surface area contributed by atoms with E-state index in [1.54, 1.807) is 7.11 Å². The molecule has 0 aromatic rings. The average molecular weight is 382 g/mol. The first-order chi connectivity index (χ1) is 11.2. The lowest BCUT2D eigenvalue weighted by Crippen LogP contribution is -2.47. The molecule has 2 aliphatic carbocycles. The predicted molar refractivity (Wildman–Crippen MR) is 89.5 cm³/mol. The number of rotatable bonds is 3. The van der Waals surface area contributed by atoms with Gasteiger partial charge in [-0.05, 0) is 47.0 Å². The summed E-state index contributed by atoms with van der Waals surface area (Å²) in [4.78, 5) is 0. The third kappa shape index (κ3) is 2.77. The zero-order chi connectivity index (χ0) is 16.0. The summed E-state index contributed by atoms with van der Waals surface area (Å²) in [6, 6.07) is 2.77. The van der Waals surface area contributed by atoms with Gasteiger partial charge in [-0.3, -0.25) is 0 Å². The van der Waals surface area contributed by atoms with Gasteiger partial charge >= 0.3 is 0 Å². The van der Waals surface area contributed by atoms with E-state index in [0.717, 1.165) is 28.7 Å². The van der Waals surface area contributed by atoms with Crippen LogP contribution in [-0.2, 0) is 9.47 Å². The molecule has 126 valence electrons. The molecule has 23 heavy (non-hydrogen) atoms. The lowest BCUT2D eigenvalue weighted by molar-refractivity contribution is 0.0325. The van der Waals surface area contributed by atoms with Crippen molar-refractivity contribution in [2.75, 3.05) is 13.7 Å². The molecule has 4 aliphatic rings. The van der Waals surface area contributed by atoms with Crippen LogP contribution in [0.25, 0.3) is 0 Å². The molecule has 6 heteroatoms. The molecule has 5 nitrogen and oxygen atoms in total. The largest absolute Gasteiger partial charge is 0.377 e. The highest BCUT2D eigenvalue weighted by Gasteiger charge is 2.49. The van der Waals surface area contributed by atoms with Gasteiger partial charge in [0.25, 0.3) is 0 Å². The van der Waals surface area contributed by atoms with Crippen LogP contribution in [0.2, 0.25) is 0 Å². The van der Waals surface area contributed by atoms with Gasteiger partial charge in [0.2, 0.25) is 0 Å². The summed E-state index contributed by atoms with van der Waals surface area (Å²) >= 11 is 3.71. The molecular weight excluding hydrogens is 358 g/mol. The van der Waals surface area contributed by atoms with Crippen LogP contribution in [-0.4, -0.2) is 38.0 Å². The number of nitrogens with one attached hydrogen (secondary N) is 2. The Morgan fingerprint density at radius 1 is 1.30 bits per heavy atom. The van der Waals surface area contributed by atoms with Crippen molar-refractivity contribution in [1.29, 1.82) is 5.26 Å². The van der Waals surface area contributed by atoms with Crippen LogP contribution >= 0.6 is 15.9 Å². The second-order valence-corrected chi connectivity index (χ2v) is 8.29. The fourth-order valence-corrected chi connectivity index (χ4v) is 5.70. The molecule has 0 spiro atoms. The van der Waals surface area contributed by atoms with E-state index in [2.05, 4.69) is 32.6 Å². The molecular formula is C17H24BrN3O2. The number of hydrogen-bond acceptors (Lipinski definition) is 5. The fraction of sp³-hybridized carbons (Fsp3) is 0.824. The van der Waals surface area contributed by atoms with Gasteiger partial charge < -0.3 is 20.1 Å². The van der Waals surface area contributed by atoms with Crippen molar-refractivity contribution < 1.29 is 9.47 Å². The van der Waals surface area contributed by atoms with Crippen LogP contribution < -0.4 is 10.6 Å². The minimum Gasteiger partial charge on any atom is -0.377 e. The molecule has 1 saturated heterocycles. The van der Waals surface area contributed by atoms with E-state index in [0.29, 0.717) is 6.04 Å². The Morgan fingerprint density at radius 3 is 2.70 bits per heavy atom. The van der Waals surface area contributed by atoms with E-state index in [9.17, 15) is 5.26 Å². The van der Waals surface area contributed by atoms with Crippen LogP contribution in [0.1, 0.15) is 32.1 Å². The number of nitrogens with zero attached hydrogens (tertiary/aromatic N) is 1. The molecule has 5 unspecified atom stereocenters. The van der Waals surface area contributed by atoms with E-state index in [4.69, 9.17) is 9.47 Å². The van der Waals surface area contributed by atoms with E-state index in [1.807, 2.05) is 0 Å². The zero-order valence-corrected chi connectivity index (χ0v) is 15.0. The van der Waals surface area contributed by atoms with E-state index in [1.165, 1.54) is 32.1 Å². The fourth-order valence-electron chi connectivity index (χ4n) is 5.00. The summed E-state index contributed by atoms with van der Waals surface area (Å²) in [6.45, 7) is 0.776. The maximum atomic E-state index is 9.27. The molecule has 2 heterocycles. The summed E-state index contributed by atoms with van der Waals surface area (Å²) in [5, 5.41) is 16.5. The molecule has 0 aromatic heterocycles. The van der Waals surface area contributed by atoms with Crippen LogP contribution in [0.4, 0.5) is 0 Å². The van der Waals surface area contributed by atoms with Gasteiger partial charge in [0.15, 0.2) is 6.10 Å². The first kappa shape index (κ1) is 15.7. The lowest BCUT2D eigenvalue weighted by atomic mass is 9.85. The van der Waals surface area contributed by atoms with Gasteiger partial charge in [0.1, 0.15) is 18.0 Å². The van der Waals surface area contributed by atoms with Crippen molar-refractivity contribution in [1.82, 2.24) is 10.6 Å². The molecule has 2 bridgehead atoms. The maximum absolute atomic E-state index is 9.27. The van der Waals surface area contributed by atoms with E-state index < -0.39 is 6.10 Å². The minimum absolute atomic E-state index is 0.0892. The summed E-state index contributed by atoms with van der Waals surface area (Å²) in [5.41, 5.74) is 0. The smallest absolute Gasteiger partial charge is 0.171 e. The second-order valence-electron chi connectivity index (χ2n) is 7.43. The van der Waals surface area contributed by atoms with Crippen molar-refractivity contribution in [3.05, 3.63) is 10.3 Å². The Labute approximate surface area is 145 Å². The molecule has 4 rings (SSSR count). The van der Waals surface area contributed by atoms with Crippen LogP contribution in [0.5, 0.6) is 0 Å². The number of halogens is 1. The second kappa shape index (κ2) is 6.27. The van der Waals surface area contributed by atoms with Crippen LogP contribution in [0.15, 0.2) is 10.3 Å². The van der Waals surface area contributed by atoms with Crippen molar-refractivity contribution in [3.8, 4) is 6.07 Å². The van der Waals surface area contributed by atoms with Crippen molar-refractivity contribution in [2.45, 2.75) is 56.5 Å². The normalized spacial score (nSPS) is 45.3. The first-order valence-corrected chi connectivity index (χ1v) is 9.46. The number of hydrogen-bond donors (Lipinski definition) is 2. The first-order valence-electron chi connectivity index (χ1n) is 8.67. The quantitative estimate of drug-likeness (QED) is 0.784. The summed E-state index contributed by atoms with van der Waals surface area (Å²) < 4.78 is 12.4. The molecule has 0 radical (unpaired) electrons. The van der Waals surface area contributed by atoms with Crippen molar-refractivity contribution in [2.24, 2.45) is 17.8 Å². The highest BCUT2D eigenvalue weighted by Crippen LogP contribution is 2.43. The molecule has 2 aliphatic heterocycles. The topological polar surface area (TPSA) is 66.3 Å². The molecule has 7 atom stereocenters. The monoisotopic (exact) mass is 381 g/mol. The van der Waals surface area contributed by atoms with Crippen LogP contribution in [0, 0.1) is 29.1 Å². The van der Waals surface area contributed by atoms with E-state index in [-0.39, 0.29) is 18.1 Å². The molecule has 2 saturated carbocycles. The number of nitriles is 1. The summed E-state index contributed by atoms with van der Waals surface area (Å²) in [7, 11) is 1.66. The number of fused-ring (bicyclic) bond motifs is 3. The highest BCUT2D eigenvalue weighted by atomic mass is 79.9. The molecule has 2 N–H and O–H groups in total. The summed E-state index contributed by atoms with van der Waals surface area (Å²) in [5.74, 6) is 3.04. The molecule has 3 fully saturated rings. The Balaban J connectivity index is 1.48. The van der Waals surface area contributed by atoms with Crippen molar-refractivity contribution >= 4 is 15.9 Å².